The molecule has 0 nitrogen and oxygen atoms in total. The molecule has 0 aliphatic carbocycles. The second kappa shape index (κ2) is 5.18. The smallest absolute Gasteiger partial charge is 0.0000155 e. The predicted octanol–water partition coefficient (Wildman–Crippen LogP) is 0.584. The summed E-state index contributed by atoms with van der Waals surface area (Å²) in [5.74, 6) is 0. The summed E-state index contributed by atoms with van der Waals surface area (Å²) in [6, 6.07) is 0. The van der Waals surface area contributed by atoms with Gasteiger partial charge in [-0.3, -0.25) is 0 Å². The maximum absolute atomic E-state index is 4.48. The molecule has 0 rings (SSSR count). The minimum absolute atomic E-state index is 1.32. The fourth-order valence-electron chi connectivity index (χ4n) is 0.0139. The number of hydrogen-bond acceptors (Lipinski definition) is 1. The van der Waals surface area contributed by atoms with Crippen molar-refractivity contribution in [2.45, 2.75) is 0 Å². The molecular formula is HPS4. The molecule has 0 saturated carbocycles. The van der Waals surface area contributed by atoms with Gasteiger partial charge in [0.05, 0.1) is 0 Å². The van der Waals surface area contributed by atoms with E-state index in [-0.39, 0.29) is 0 Å². The third kappa shape index (κ3) is 5.18. The molecule has 0 atom stereocenters. The first-order valence-electron chi connectivity index (χ1n) is 0.704. The van der Waals surface area contributed by atoms with Gasteiger partial charge in [0.25, 0.3) is 0 Å². The summed E-state index contributed by atoms with van der Waals surface area (Å²) in [7, 11) is 7.47. The largest absolute Gasteiger partial charge is 0.0540 e. The van der Waals surface area contributed by atoms with Gasteiger partial charge in [0.2, 0.25) is 0 Å². The monoisotopic (exact) mass is 160 g/mol. The Balaban J connectivity index is 4.38. The van der Waals surface area contributed by atoms with Gasteiger partial charge in [-0.1, -0.05) is 9.50 Å². The predicted molar refractivity (Wildman–Crippen MR) is 37.8 cm³/mol. The highest BCUT2D eigenvalue weighted by molar-refractivity contribution is 8.57. The maximum Gasteiger partial charge on any atom is -0.0000155 e. The zero-order valence-corrected chi connectivity index (χ0v) is 6.40. The lowest BCUT2D eigenvalue weighted by Crippen LogP contribution is -1.19. The Bertz CT molecular complexity index is 95.6. The van der Waals surface area contributed by atoms with Crippen LogP contribution in [0.5, 0.6) is 0 Å². The molecule has 0 bridgehead atoms. The Morgan fingerprint density at radius 2 is 2.20 bits per heavy atom. The molecule has 0 fully saturated rings. The van der Waals surface area contributed by atoms with E-state index in [0.29, 0.717) is 0 Å². The molecule has 0 unspecified atom stereocenters. The van der Waals surface area contributed by atoms with Crippen LogP contribution in [0, 0.1) is 0 Å². The van der Waals surface area contributed by atoms with Gasteiger partial charge in [-0.15, -0.1) is 0 Å². The first-order chi connectivity index (χ1) is 2.41. The van der Waals surface area contributed by atoms with E-state index in [0.717, 1.165) is 0 Å². The van der Waals surface area contributed by atoms with Crippen LogP contribution < -0.4 is 0 Å². The molecule has 0 aromatic carbocycles. The van der Waals surface area contributed by atoms with Gasteiger partial charge in [0.1, 0.15) is 0 Å². The van der Waals surface area contributed by atoms with Crippen molar-refractivity contribution in [3.63, 3.8) is 0 Å². The van der Waals surface area contributed by atoms with Gasteiger partial charge in [0.15, 0.2) is 0 Å². The lowest BCUT2D eigenvalue weighted by atomic mass is 30.5. The molecular weight excluding hydrogens is 159 g/mol. The van der Waals surface area contributed by atoms with Gasteiger partial charge in [0, 0.05) is 0 Å². The average molecular weight is 160 g/mol. The van der Waals surface area contributed by atoms with E-state index in [1.54, 1.807) is 0 Å². The van der Waals surface area contributed by atoms with Gasteiger partial charge >= 0.3 is 0 Å². The Kier molecular flexibility index (Phi) is 6.40. The van der Waals surface area contributed by atoms with E-state index in [1.807, 2.05) is 0 Å². The van der Waals surface area contributed by atoms with Crippen molar-refractivity contribution < 1.29 is 0 Å². The van der Waals surface area contributed by atoms with Crippen molar-refractivity contribution >= 4 is 46.5 Å². The van der Waals surface area contributed by atoms with E-state index in [9.17, 15) is 0 Å². The Morgan fingerprint density at radius 1 is 1.60 bits per heavy atom. The fourth-order valence-corrected chi connectivity index (χ4v) is 3.37. The quantitative estimate of drug-likeness (QED) is 0.467. The third-order valence-corrected chi connectivity index (χ3v) is 5.01. The normalized spacial score (nSPS) is 5.60. The summed E-state index contributed by atoms with van der Waals surface area (Å²) >= 11 is 4.48. The van der Waals surface area contributed by atoms with Crippen LogP contribution in [-0.4, -0.2) is 0 Å². The standard InChI is InChI=1S/HPS4/c1-3-5-4-2/h1H. The lowest BCUT2D eigenvalue weighted by molar-refractivity contribution is 6.08. The Morgan fingerprint density at radius 3 is 2.20 bits per heavy atom. The molecule has 0 N–H and O–H groups in total. The minimum atomic E-state index is 1.32. The molecule has 0 aliphatic heterocycles. The van der Waals surface area contributed by atoms with Crippen LogP contribution >= 0.6 is 8.02 Å². The summed E-state index contributed by atoms with van der Waals surface area (Å²) in [6.07, 6.45) is 0. The summed E-state index contributed by atoms with van der Waals surface area (Å²) in [5, 5.41) is 0. The van der Waals surface area contributed by atoms with Crippen molar-refractivity contribution in [1.82, 2.24) is 0 Å². The van der Waals surface area contributed by atoms with E-state index in [1.165, 1.54) is 27.3 Å². The molecule has 30 valence electrons. The van der Waals surface area contributed by atoms with Crippen molar-refractivity contribution in [1.29, 1.82) is 0 Å². The van der Waals surface area contributed by atoms with Crippen molar-refractivity contribution in [3.05, 3.63) is 0 Å². The van der Waals surface area contributed by atoms with Crippen LogP contribution in [0.15, 0.2) is 0 Å². The number of hydrogen-bond donors (Lipinski definition) is 0. The SMILES string of the molecule is P=S=S=S=S. The molecule has 0 aliphatic rings. The Labute approximate surface area is 46.5 Å². The summed E-state index contributed by atoms with van der Waals surface area (Å²) in [5.41, 5.74) is 0. The number of rotatable bonds is 0. The van der Waals surface area contributed by atoms with E-state index >= 15 is 0 Å². The molecule has 0 heterocycles. The molecule has 0 spiro atoms. The lowest BCUT2D eigenvalue weighted by Gasteiger charge is -1.24. The summed E-state index contributed by atoms with van der Waals surface area (Å²) < 4.78 is 0. The first kappa shape index (κ1) is 6.18. The highest BCUT2D eigenvalue weighted by Crippen LogP contribution is 1.42. The molecule has 5 heavy (non-hydrogen) atoms. The molecule has 0 aromatic rings. The Hall–Kier alpha value is 1.18. The molecule has 5 heteroatoms. The van der Waals surface area contributed by atoms with Crippen molar-refractivity contribution in [3.8, 4) is 0 Å². The van der Waals surface area contributed by atoms with Crippen molar-refractivity contribution in [2.75, 3.05) is 0 Å². The second-order valence-corrected chi connectivity index (χ2v) is 5.92. The summed E-state index contributed by atoms with van der Waals surface area (Å²) in [6.45, 7) is 0. The molecule has 0 saturated heterocycles. The topological polar surface area (TPSA) is 0 Å². The zero-order valence-electron chi connectivity index (χ0n) is 2.13. The maximum atomic E-state index is 4.48. The van der Waals surface area contributed by atoms with E-state index in [4.69, 9.17) is 0 Å². The second-order valence-electron chi connectivity index (χ2n) is 0.219. The van der Waals surface area contributed by atoms with Crippen LogP contribution in [0.25, 0.3) is 0 Å². The van der Waals surface area contributed by atoms with Crippen molar-refractivity contribution in [2.24, 2.45) is 0 Å². The van der Waals surface area contributed by atoms with Crippen LogP contribution in [0.1, 0.15) is 0 Å². The molecule has 0 aromatic heterocycles. The van der Waals surface area contributed by atoms with Crippen LogP contribution in [0.2, 0.25) is 0 Å². The molecule has 0 amide bonds. The highest BCUT2D eigenvalue weighted by atomic mass is 33.2. The van der Waals surface area contributed by atoms with Crippen LogP contribution in [-0.2, 0) is 38.4 Å². The van der Waals surface area contributed by atoms with Gasteiger partial charge in [-0.05, 0) is 37.0 Å². The van der Waals surface area contributed by atoms with Crippen LogP contribution in [0.4, 0.5) is 0 Å². The summed E-state index contributed by atoms with van der Waals surface area (Å²) in [4.78, 5) is 0. The average Bonchev–Trinajstić information content (AvgIpc) is 1.41. The van der Waals surface area contributed by atoms with Crippen LogP contribution in [0.3, 0.4) is 0 Å². The van der Waals surface area contributed by atoms with E-state index < -0.39 is 0 Å². The first-order valence-corrected chi connectivity index (χ1v) is 6.34. The van der Waals surface area contributed by atoms with Gasteiger partial charge in [-0.25, -0.2) is 0 Å². The van der Waals surface area contributed by atoms with Gasteiger partial charge < -0.3 is 0 Å². The third-order valence-electron chi connectivity index (χ3n) is 0.0618. The fraction of sp³-hybridized carbons (Fsp3) is 0. The van der Waals surface area contributed by atoms with Gasteiger partial charge in [-0.2, -0.15) is 0 Å². The zero-order chi connectivity index (χ0) is 4.12. The highest BCUT2D eigenvalue weighted by Gasteiger charge is 1.21. The van der Waals surface area contributed by atoms with E-state index in [2.05, 4.69) is 19.2 Å². The molecule has 0 radical (unpaired) electrons. The minimum Gasteiger partial charge on any atom is -0.0540 e.